The van der Waals surface area contributed by atoms with E-state index in [0.29, 0.717) is 17.5 Å². The molecule has 2 N–H and O–H groups in total. The molecule has 4 bridgehead atoms. The summed E-state index contributed by atoms with van der Waals surface area (Å²) < 4.78 is 0. The van der Waals surface area contributed by atoms with Crippen LogP contribution >= 0.6 is 0 Å². The Kier molecular flexibility index (Phi) is 5.04. The Labute approximate surface area is 242 Å². The number of allylic oxidation sites excluding steroid dienone is 3. The van der Waals surface area contributed by atoms with Crippen LogP contribution < -0.4 is 5.73 Å². The van der Waals surface area contributed by atoms with E-state index >= 15 is 0 Å². The van der Waals surface area contributed by atoms with Gasteiger partial charge in [-0.1, -0.05) is 59.7 Å². The highest BCUT2D eigenvalue weighted by molar-refractivity contribution is 5.90. The summed E-state index contributed by atoms with van der Waals surface area (Å²) in [6.45, 7) is 19.1. The lowest BCUT2D eigenvalue weighted by atomic mass is 9.59. The topological polar surface area (TPSA) is 77.6 Å². The first-order chi connectivity index (χ1) is 19.3. The fraction of sp³-hybridized carbons (Fsp3) is 0.333. The van der Waals surface area contributed by atoms with Crippen LogP contribution in [0.15, 0.2) is 72.7 Å². The van der Waals surface area contributed by atoms with Crippen molar-refractivity contribution in [2.24, 2.45) is 11.1 Å². The van der Waals surface area contributed by atoms with Crippen LogP contribution in [0.2, 0.25) is 0 Å². The van der Waals surface area contributed by atoms with Crippen molar-refractivity contribution in [3.63, 3.8) is 0 Å². The summed E-state index contributed by atoms with van der Waals surface area (Å²) in [6, 6.07) is 15.6. The van der Waals surface area contributed by atoms with E-state index in [9.17, 15) is 0 Å². The number of aromatic nitrogens is 4. The standard InChI is InChI=1S/C36H37N5/c1-20-23(11-14-37)32-40-30(21-12-15-38-16-13-21)39-31(41-32)22-9-10-24-25-18-28-29(19-27(25)36(20,8)26(24)17-22)34(4,5)35(6,7)33(28,2)3/h9-19H,37H2,1-8H3/b14-11-,23-20-. The van der Waals surface area contributed by atoms with E-state index in [1.165, 1.54) is 39.0 Å². The highest BCUT2D eigenvalue weighted by Gasteiger charge is 2.58. The van der Waals surface area contributed by atoms with Gasteiger partial charge in [-0.25, -0.2) is 15.0 Å². The molecular weight excluding hydrogens is 502 g/mol. The number of pyridine rings is 1. The molecule has 0 amide bonds. The number of hydrogen-bond donors (Lipinski definition) is 1. The van der Waals surface area contributed by atoms with Crippen molar-refractivity contribution in [3.05, 3.63) is 101 Å². The van der Waals surface area contributed by atoms with Crippen molar-refractivity contribution in [2.75, 3.05) is 0 Å². The van der Waals surface area contributed by atoms with E-state index in [-0.39, 0.29) is 16.2 Å². The van der Waals surface area contributed by atoms with Crippen LogP contribution in [-0.2, 0) is 16.2 Å². The third-order valence-corrected chi connectivity index (χ3v) is 11.5. The second-order valence-electron chi connectivity index (χ2n) is 13.6. The molecule has 1 aliphatic heterocycles. The maximum atomic E-state index is 6.08. The summed E-state index contributed by atoms with van der Waals surface area (Å²) in [4.78, 5) is 19.1. The minimum Gasteiger partial charge on any atom is -0.405 e. The maximum absolute atomic E-state index is 6.08. The lowest BCUT2D eigenvalue weighted by Gasteiger charge is -2.44. The predicted octanol–water partition coefficient (Wildman–Crippen LogP) is 7.74. The Balaban J connectivity index is 1.58. The maximum Gasteiger partial charge on any atom is 0.164 e. The number of rotatable bonds is 2. The van der Waals surface area contributed by atoms with Crippen molar-refractivity contribution in [1.29, 1.82) is 0 Å². The molecule has 1 unspecified atom stereocenters. The molecule has 1 atom stereocenters. The van der Waals surface area contributed by atoms with Gasteiger partial charge in [0.25, 0.3) is 0 Å². The van der Waals surface area contributed by atoms with Crippen LogP contribution in [-0.4, -0.2) is 19.9 Å². The van der Waals surface area contributed by atoms with Crippen LogP contribution in [0, 0.1) is 5.41 Å². The third-order valence-electron chi connectivity index (χ3n) is 11.5. The second-order valence-corrected chi connectivity index (χ2v) is 13.6. The van der Waals surface area contributed by atoms with Crippen LogP contribution in [0.5, 0.6) is 0 Å². The third kappa shape index (κ3) is 3.07. The Morgan fingerprint density at radius 2 is 1.22 bits per heavy atom. The van der Waals surface area contributed by atoms with Gasteiger partial charge in [0, 0.05) is 34.5 Å². The highest BCUT2D eigenvalue weighted by atomic mass is 15.0. The molecule has 206 valence electrons. The summed E-state index contributed by atoms with van der Waals surface area (Å²) in [5, 5.41) is 0. The lowest BCUT2D eigenvalue weighted by Crippen LogP contribution is -2.42. The van der Waals surface area contributed by atoms with Crippen molar-refractivity contribution >= 4 is 5.57 Å². The first-order valence-electron chi connectivity index (χ1n) is 14.5. The summed E-state index contributed by atoms with van der Waals surface area (Å²) in [7, 11) is 0. The van der Waals surface area contributed by atoms with Crippen molar-refractivity contribution in [3.8, 4) is 33.9 Å². The largest absolute Gasteiger partial charge is 0.405 e. The van der Waals surface area contributed by atoms with Crippen molar-refractivity contribution < 1.29 is 0 Å². The Bertz CT molecular complexity index is 1840. The fourth-order valence-corrected chi connectivity index (χ4v) is 7.59. The normalized spacial score (nSPS) is 24.0. The molecule has 0 radical (unpaired) electrons. The molecule has 0 fully saturated rings. The Hall–Kier alpha value is -4.12. The minimum absolute atomic E-state index is 0.00632. The lowest BCUT2D eigenvalue weighted by molar-refractivity contribution is 0.125. The molecule has 5 nitrogen and oxygen atoms in total. The number of benzene rings is 2. The van der Waals surface area contributed by atoms with E-state index in [1.807, 2.05) is 18.2 Å². The zero-order chi connectivity index (χ0) is 29.1. The van der Waals surface area contributed by atoms with E-state index in [4.69, 9.17) is 20.7 Å². The molecule has 7 rings (SSSR count). The average Bonchev–Trinajstić information content (AvgIpc) is 3.27. The highest BCUT2D eigenvalue weighted by Crippen LogP contribution is 2.64. The molecule has 2 aromatic carbocycles. The summed E-state index contributed by atoms with van der Waals surface area (Å²) in [5.41, 5.74) is 17.9. The molecule has 2 aliphatic carbocycles. The van der Waals surface area contributed by atoms with Gasteiger partial charge in [-0.05, 0) is 106 Å². The van der Waals surface area contributed by atoms with Gasteiger partial charge in [-0.2, -0.15) is 0 Å². The molecule has 0 saturated carbocycles. The van der Waals surface area contributed by atoms with Gasteiger partial charge in [0.2, 0.25) is 0 Å². The average molecular weight is 540 g/mol. The molecule has 0 saturated heterocycles. The van der Waals surface area contributed by atoms with Crippen LogP contribution in [0.4, 0.5) is 0 Å². The van der Waals surface area contributed by atoms with Crippen molar-refractivity contribution in [1.82, 2.24) is 19.9 Å². The molecular formula is C36H37N5. The first-order valence-corrected chi connectivity index (χ1v) is 14.5. The molecule has 2 aromatic heterocycles. The smallest absolute Gasteiger partial charge is 0.164 e. The molecule has 41 heavy (non-hydrogen) atoms. The van der Waals surface area contributed by atoms with Crippen LogP contribution in [0.3, 0.4) is 0 Å². The second kappa shape index (κ2) is 8.00. The summed E-state index contributed by atoms with van der Waals surface area (Å²) in [6.07, 6.45) is 7.07. The van der Waals surface area contributed by atoms with Gasteiger partial charge in [0.05, 0.1) is 0 Å². The van der Waals surface area contributed by atoms with Crippen LogP contribution in [0.1, 0.15) is 83.5 Å². The van der Waals surface area contributed by atoms with Gasteiger partial charge >= 0.3 is 0 Å². The number of nitrogens with two attached hydrogens (primary N) is 1. The Morgan fingerprint density at radius 3 is 1.88 bits per heavy atom. The van der Waals surface area contributed by atoms with E-state index < -0.39 is 5.41 Å². The van der Waals surface area contributed by atoms with E-state index in [1.54, 1.807) is 18.6 Å². The Morgan fingerprint density at radius 1 is 0.634 bits per heavy atom. The number of nitrogens with zero attached hydrogens (tertiary/aromatic N) is 4. The summed E-state index contributed by atoms with van der Waals surface area (Å²) in [5.74, 6) is 1.91. The van der Waals surface area contributed by atoms with Gasteiger partial charge < -0.3 is 5.73 Å². The first kappa shape index (κ1) is 25.8. The molecule has 3 heterocycles. The predicted molar refractivity (Wildman–Crippen MR) is 166 cm³/mol. The van der Waals surface area contributed by atoms with Gasteiger partial charge in [0.15, 0.2) is 17.5 Å². The zero-order valence-electron chi connectivity index (χ0n) is 25.2. The van der Waals surface area contributed by atoms with Crippen molar-refractivity contribution in [2.45, 2.75) is 71.6 Å². The SMILES string of the molecule is C/C1=C(\C=C/N)c2nc(-c3ccncc3)nc(n2)-c2ccc3c(c2)C1(C)c1cc2c(cc1-3)C(C)(C)C(C)(C)C2(C)C. The zero-order valence-corrected chi connectivity index (χ0v) is 25.2. The molecule has 5 heteroatoms. The molecule has 3 aliphatic rings. The number of fused-ring (bicyclic) bond motifs is 8. The monoisotopic (exact) mass is 539 g/mol. The molecule has 0 spiro atoms. The van der Waals surface area contributed by atoms with E-state index in [2.05, 4.69) is 90.7 Å². The van der Waals surface area contributed by atoms with Gasteiger partial charge in [0.1, 0.15) is 0 Å². The van der Waals surface area contributed by atoms with E-state index in [0.717, 1.165) is 16.7 Å². The van der Waals surface area contributed by atoms with Gasteiger partial charge in [-0.3, -0.25) is 4.98 Å². The number of hydrogen-bond acceptors (Lipinski definition) is 5. The fourth-order valence-electron chi connectivity index (χ4n) is 7.59. The molecule has 4 aromatic rings. The van der Waals surface area contributed by atoms with Gasteiger partial charge in [-0.15, -0.1) is 0 Å². The quantitative estimate of drug-likeness (QED) is 0.282. The minimum atomic E-state index is -0.398. The van der Waals surface area contributed by atoms with Crippen LogP contribution in [0.25, 0.3) is 39.5 Å². The summed E-state index contributed by atoms with van der Waals surface area (Å²) >= 11 is 0.